The molecular weight excluding hydrogens is 231 g/mol. The molecule has 4 heteroatoms. The van der Waals surface area contributed by atoms with Crippen LogP contribution in [-0.4, -0.2) is 18.5 Å². The first-order chi connectivity index (χ1) is 8.74. The highest BCUT2D eigenvalue weighted by Gasteiger charge is 2.14. The van der Waals surface area contributed by atoms with E-state index in [0.29, 0.717) is 19.0 Å². The SMILES string of the molecule is O=C(CCC1CCCN1)NCc1cccc(F)c1. The fourth-order valence-corrected chi connectivity index (χ4v) is 2.24. The Bertz CT molecular complexity index is 403. The summed E-state index contributed by atoms with van der Waals surface area (Å²) in [6.45, 7) is 1.46. The van der Waals surface area contributed by atoms with Crippen molar-refractivity contribution in [1.82, 2.24) is 10.6 Å². The standard InChI is InChI=1S/C14H19FN2O/c15-12-4-1-3-11(9-12)10-17-14(18)7-6-13-5-2-8-16-13/h1,3-4,9,13,16H,2,5-8,10H2,(H,17,18). The number of benzene rings is 1. The van der Waals surface area contributed by atoms with Crippen LogP contribution in [0.2, 0.25) is 0 Å². The summed E-state index contributed by atoms with van der Waals surface area (Å²) in [6.07, 6.45) is 3.79. The van der Waals surface area contributed by atoms with Crippen LogP contribution >= 0.6 is 0 Å². The zero-order valence-corrected chi connectivity index (χ0v) is 10.4. The highest BCUT2D eigenvalue weighted by atomic mass is 19.1. The predicted octanol–water partition coefficient (Wildman–Crippen LogP) is 1.97. The smallest absolute Gasteiger partial charge is 0.220 e. The van der Waals surface area contributed by atoms with Crippen molar-refractivity contribution in [2.45, 2.75) is 38.3 Å². The maximum Gasteiger partial charge on any atom is 0.220 e. The summed E-state index contributed by atoms with van der Waals surface area (Å²) >= 11 is 0. The van der Waals surface area contributed by atoms with Gasteiger partial charge in [-0.25, -0.2) is 4.39 Å². The molecule has 2 N–H and O–H groups in total. The highest BCUT2D eigenvalue weighted by molar-refractivity contribution is 5.75. The van der Waals surface area contributed by atoms with Crippen molar-refractivity contribution < 1.29 is 9.18 Å². The Morgan fingerprint density at radius 1 is 1.50 bits per heavy atom. The van der Waals surface area contributed by atoms with Crippen LogP contribution in [0, 0.1) is 5.82 Å². The Hall–Kier alpha value is -1.42. The van der Waals surface area contributed by atoms with Gasteiger partial charge in [0.15, 0.2) is 0 Å². The molecule has 0 radical (unpaired) electrons. The first-order valence-corrected chi connectivity index (χ1v) is 6.48. The molecule has 0 spiro atoms. The second-order valence-electron chi connectivity index (χ2n) is 4.74. The number of carbonyl (C=O) groups excluding carboxylic acids is 1. The second-order valence-corrected chi connectivity index (χ2v) is 4.74. The number of hydrogen-bond acceptors (Lipinski definition) is 2. The van der Waals surface area contributed by atoms with Crippen LogP contribution in [-0.2, 0) is 11.3 Å². The van der Waals surface area contributed by atoms with Gasteiger partial charge in [0.2, 0.25) is 5.91 Å². The maximum absolute atomic E-state index is 12.9. The molecule has 1 heterocycles. The van der Waals surface area contributed by atoms with Gasteiger partial charge in [-0.15, -0.1) is 0 Å². The van der Waals surface area contributed by atoms with Gasteiger partial charge in [-0.1, -0.05) is 12.1 Å². The molecule has 0 bridgehead atoms. The van der Waals surface area contributed by atoms with Crippen molar-refractivity contribution >= 4 is 5.91 Å². The third-order valence-corrected chi connectivity index (χ3v) is 3.26. The Balaban J connectivity index is 1.68. The first kappa shape index (κ1) is 13.0. The van der Waals surface area contributed by atoms with Crippen LogP contribution in [0.4, 0.5) is 4.39 Å². The van der Waals surface area contributed by atoms with Crippen molar-refractivity contribution in [3.8, 4) is 0 Å². The summed E-state index contributed by atoms with van der Waals surface area (Å²) in [6, 6.07) is 6.79. The van der Waals surface area contributed by atoms with E-state index >= 15 is 0 Å². The summed E-state index contributed by atoms with van der Waals surface area (Å²) in [7, 11) is 0. The van der Waals surface area contributed by atoms with Gasteiger partial charge in [-0.3, -0.25) is 4.79 Å². The minimum Gasteiger partial charge on any atom is -0.352 e. The lowest BCUT2D eigenvalue weighted by atomic mass is 10.1. The van der Waals surface area contributed by atoms with Gasteiger partial charge < -0.3 is 10.6 Å². The molecule has 1 amide bonds. The van der Waals surface area contributed by atoms with Crippen LogP contribution in [0.25, 0.3) is 0 Å². The molecule has 1 aromatic rings. The van der Waals surface area contributed by atoms with Crippen molar-refractivity contribution in [1.29, 1.82) is 0 Å². The average Bonchev–Trinajstić information content (AvgIpc) is 2.87. The van der Waals surface area contributed by atoms with E-state index in [4.69, 9.17) is 0 Å². The fourth-order valence-electron chi connectivity index (χ4n) is 2.24. The van der Waals surface area contributed by atoms with Crippen molar-refractivity contribution in [2.75, 3.05) is 6.54 Å². The molecule has 2 rings (SSSR count). The summed E-state index contributed by atoms with van der Waals surface area (Å²) in [5, 5.41) is 6.18. The van der Waals surface area contributed by atoms with Crippen LogP contribution in [0.1, 0.15) is 31.2 Å². The van der Waals surface area contributed by atoms with E-state index in [9.17, 15) is 9.18 Å². The van der Waals surface area contributed by atoms with Crippen molar-refractivity contribution in [3.63, 3.8) is 0 Å². The molecule has 3 nitrogen and oxygen atoms in total. The molecule has 1 unspecified atom stereocenters. The topological polar surface area (TPSA) is 41.1 Å². The number of hydrogen-bond donors (Lipinski definition) is 2. The van der Waals surface area contributed by atoms with E-state index in [1.807, 2.05) is 6.07 Å². The van der Waals surface area contributed by atoms with Crippen molar-refractivity contribution in [2.24, 2.45) is 0 Å². The monoisotopic (exact) mass is 250 g/mol. The van der Waals surface area contributed by atoms with Gasteiger partial charge in [0.1, 0.15) is 5.82 Å². The lowest BCUT2D eigenvalue weighted by molar-refractivity contribution is -0.121. The number of halogens is 1. The minimum atomic E-state index is -0.267. The van der Waals surface area contributed by atoms with Crippen LogP contribution < -0.4 is 10.6 Å². The van der Waals surface area contributed by atoms with Gasteiger partial charge >= 0.3 is 0 Å². The van der Waals surface area contributed by atoms with E-state index in [1.165, 1.54) is 18.6 Å². The number of amides is 1. The van der Waals surface area contributed by atoms with Gasteiger partial charge in [-0.2, -0.15) is 0 Å². The molecule has 18 heavy (non-hydrogen) atoms. The third-order valence-electron chi connectivity index (χ3n) is 3.26. The van der Waals surface area contributed by atoms with E-state index in [1.54, 1.807) is 6.07 Å². The van der Waals surface area contributed by atoms with Gasteiger partial charge in [0.25, 0.3) is 0 Å². The Labute approximate surface area is 107 Å². The quantitative estimate of drug-likeness (QED) is 0.839. The number of carbonyl (C=O) groups is 1. The van der Waals surface area contributed by atoms with Crippen LogP contribution in [0.5, 0.6) is 0 Å². The fraction of sp³-hybridized carbons (Fsp3) is 0.500. The molecule has 98 valence electrons. The van der Waals surface area contributed by atoms with E-state index in [0.717, 1.165) is 24.9 Å². The predicted molar refractivity (Wildman–Crippen MR) is 68.5 cm³/mol. The minimum absolute atomic E-state index is 0.0351. The molecule has 0 aliphatic carbocycles. The lowest BCUT2D eigenvalue weighted by Gasteiger charge is -2.10. The average molecular weight is 250 g/mol. The largest absolute Gasteiger partial charge is 0.352 e. The Kier molecular flexibility index (Phi) is 4.70. The molecular formula is C14H19FN2O. The van der Waals surface area contributed by atoms with E-state index in [-0.39, 0.29) is 11.7 Å². The normalized spacial score (nSPS) is 18.8. The molecule has 1 atom stereocenters. The molecule has 1 aromatic carbocycles. The molecule has 1 saturated heterocycles. The summed E-state index contributed by atoms with van der Waals surface area (Å²) in [5.41, 5.74) is 0.794. The maximum atomic E-state index is 12.9. The molecule has 0 saturated carbocycles. The highest BCUT2D eigenvalue weighted by Crippen LogP contribution is 2.10. The Morgan fingerprint density at radius 2 is 2.39 bits per heavy atom. The first-order valence-electron chi connectivity index (χ1n) is 6.48. The summed E-state index contributed by atoms with van der Waals surface area (Å²) < 4.78 is 12.9. The molecule has 1 fully saturated rings. The molecule has 1 aliphatic heterocycles. The van der Waals surface area contributed by atoms with Gasteiger partial charge in [0.05, 0.1) is 0 Å². The van der Waals surface area contributed by atoms with Crippen LogP contribution in [0.15, 0.2) is 24.3 Å². The second kappa shape index (κ2) is 6.50. The number of rotatable bonds is 5. The van der Waals surface area contributed by atoms with Gasteiger partial charge in [0, 0.05) is 19.0 Å². The zero-order valence-electron chi connectivity index (χ0n) is 10.4. The van der Waals surface area contributed by atoms with Crippen LogP contribution in [0.3, 0.4) is 0 Å². The molecule has 1 aliphatic rings. The summed E-state index contributed by atoms with van der Waals surface area (Å²) in [5.74, 6) is -0.232. The molecule has 0 aromatic heterocycles. The van der Waals surface area contributed by atoms with Gasteiger partial charge in [-0.05, 0) is 43.5 Å². The Morgan fingerprint density at radius 3 is 3.11 bits per heavy atom. The third kappa shape index (κ3) is 4.11. The lowest BCUT2D eigenvalue weighted by Crippen LogP contribution is -2.27. The zero-order chi connectivity index (χ0) is 12.8. The van der Waals surface area contributed by atoms with E-state index < -0.39 is 0 Å². The van der Waals surface area contributed by atoms with E-state index in [2.05, 4.69) is 10.6 Å². The number of nitrogens with one attached hydrogen (secondary N) is 2. The summed E-state index contributed by atoms with van der Waals surface area (Å²) in [4.78, 5) is 11.6. The van der Waals surface area contributed by atoms with Crippen molar-refractivity contribution in [3.05, 3.63) is 35.6 Å².